The van der Waals surface area contributed by atoms with E-state index >= 15 is 0 Å². The summed E-state index contributed by atoms with van der Waals surface area (Å²) in [4.78, 5) is 15.0. The Morgan fingerprint density at radius 2 is 2.08 bits per heavy atom. The van der Waals surface area contributed by atoms with Crippen LogP contribution in [0.15, 0.2) is 6.20 Å². The lowest BCUT2D eigenvalue weighted by Gasteiger charge is -2.17. The Bertz CT molecular complexity index is 333. The summed E-state index contributed by atoms with van der Waals surface area (Å²) in [5.74, 6) is 0.382. The number of aromatic nitrogens is 2. The predicted molar refractivity (Wildman–Crippen MR) is 50.4 cm³/mol. The minimum Gasteiger partial charge on any atom is -0.364 e. The van der Waals surface area contributed by atoms with E-state index in [2.05, 4.69) is 4.98 Å². The van der Waals surface area contributed by atoms with E-state index < -0.39 is 5.91 Å². The summed E-state index contributed by atoms with van der Waals surface area (Å²) in [6.07, 6.45) is 1.66. The Balaban J connectivity index is 3.18. The molecular weight excluding hydrogens is 166 g/mol. The van der Waals surface area contributed by atoms with Crippen LogP contribution < -0.4 is 5.73 Å². The van der Waals surface area contributed by atoms with Crippen LogP contribution in [0, 0.1) is 0 Å². The van der Waals surface area contributed by atoms with Crippen molar-refractivity contribution < 1.29 is 4.79 Å². The maximum Gasteiger partial charge on any atom is 0.268 e. The van der Waals surface area contributed by atoms with Gasteiger partial charge in [0.05, 0.1) is 0 Å². The molecule has 1 rings (SSSR count). The fraction of sp³-hybridized carbons (Fsp3) is 0.556. The van der Waals surface area contributed by atoms with Crippen LogP contribution in [0.1, 0.15) is 37.1 Å². The zero-order chi connectivity index (χ0) is 10.2. The molecule has 0 aliphatic heterocycles. The summed E-state index contributed by atoms with van der Waals surface area (Å²) in [6, 6.07) is 0. The highest BCUT2D eigenvalue weighted by atomic mass is 16.1. The number of nitrogens with two attached hydrogens (primary N) is 1. The maximum atomic E-state index is 10.8. The SMILES string of the molecule is Cn1cc(C(N)=O)nc1C(C)(C)C. The van der Waals surface area contributed by atoms with Crippen molar-refractivity contribution in [3.8, 4) is 0 Å². The third kappa shape index (κ3) is 1.88. The van der Waals surface area contributed by atoms with Crippen LogP contribution in [-0.4, -0.2) is 15.5 Å². The second-order valence-corrected chi connectivity index (χ2v) is 4.17. The predicted octanol–water partition coefficient (Wildman–Crippen LogP) is 0.816. The zero-order valence-corrected chi connectivity index (χ0v) is 8.46. The van der Waals surface area contributed by atoms with E-state index in [4.69, 9.17) is 5.73 Å². The van der Waals surface area contributed by atoms with Crippen molar-refractivity contribution in [2.75, 3.05) is 0 Å². The molecular formula is C9H15N3O. The lowest BCUT2D eigenvalue weighted by molar-refractivity contribution is 0.0996. The van der Waals surface area contributed by atoms with Crippen LogP contribution in [-0.2, 0) is 12.5 Å². The van der Waals surface area contributed by atoms with Gasteiger partial charge in [-0.2, -0.15) is 0 Å². The molecule has 0 radical (unpaired) electrons. The van der Waals surface area contributed by atoms with Crippen molar-refractivity contribution in [1.82, 2.24) is 9.55 Å². The Hall–Kier alpha value is -1.32. The van der Waals surface area contributed by atoms with Gasteiger partial charge in [0.2, 0.25) is 0 Å². The van der Waals surface area contributed by atoms with E-state index in [0.717, 1.165) is 5.82 Å². The smallest absolute Gasteiger partial charge is 0.268 e. The first-order valence-electron chi connectivity index (χ1n) is 4.16. The van der Waals surface area contributed by atoms with Gasteiger partial charge in [0.15, 0.2) is 0 Å². The van der Waals surface area contributed by atoms with Crippen molar-refractivity contribution >= 4 is 5.91 Å². The van der Waals surface area contributed by atoms with Gasteiger partial charge in [0.25, 0.3) is 5.91 Å². The van der Waals surface area contributed by atoms with Crippen molar-refractivity contribution in [3.05, 3.63) is 17.7 Å². The Morgan fingerprint density at radius 3 is 2.31 bits per heavy atom. The molecule has 2 N–H and O–H groups in total. The molecule has 0 saturated carbocycles. The minimum absolute atomic E-state index is 0.0670. The fourth-order valence-electron chi connectivity index (χ4n) is 1.28. The number of carbonyl (C=O) groups is 1. The van der Waals surface area contributed by atoms with Gasteiger partial charge in [-0.25, -0.2) is 4.98 Å². The summed E-state index contributed by atoms with van der Waals surface area (Å²) in [5.41, 5.74) is 5.38. The van der Waals surface area contributed by atoms with Crippen molar-refractivity contribution in [2.45, 2.75) is 26.2 Å². The Morgan fingerprint density at radius 1 is 1.54 bits per heavy atom. The van der Waals surface area contributed by atoms with E-state index in [1.165, 1.54) is 0 Å². The lowest BCUT2D eigenvalue weighted by atomic mass is 9.96. The van der Waals surface area contributed by atoms with E-state index in [9.17, 15) is 4.79 Å². The van der Waals surface area contributed by atoms with Gasteiger partial charge < -0.3 is 10.3 Å². The molecule has 1 aromatic rings. The van der Waals surface area contributed by atoms with E-state index in [0.29, 0.717) is 5.69 Å². The second-order valence-electron chi connectivity index (χ2n) is 4.17. The highest BCUT2D eigenvalue weighted by Gasteiger charge is 2.21. The molecule has 1 heterocycles. The number of nitrogens with zero attached hydrogens (tertiary/aromatic N) is 2. The number of aryl methyl sites for hydroxylation is 1. The van der Waals surface area contributed by atoms with Gasteiger partial charge >= 0.3 is 0 Å². The topological polar surface area (TPSA) is 60.9 Å². The van der Waals surface area contributed by atoms with Crippen molar-refractivity contribution in [1.29, 1.82) is 0 Å². The number of imidazole rings is 1. The van der Waals surface area contributed by atoms with E-state index in [1.807, 2.05) is 32.4 Å². The Kier molecular flexibility index (Phi) is 2.15. The summed E-state index contributed by atoms with van der Waals surface area (Å²) in [5, 5.41) is 0. The highest BCUT2D eigenvalue weighted by molar-refractivity contribution is 5.90. The largest absolute Gasteiger partial charge is 0.364 e. The summed E-state index contributed by atoms with van der Waals surface area (Å²) in [7, 11) is 1.86. The molecule has 0 spiro atoms. The molecule has 0 atom stereocenters. The molecule has 0 unspecified atom stereocenters. The molecule has 4 nitrogen and oxygen atoms in total. The third-order valence-electron chi connectivity index (χ3n) is 1.80. The quantitative estimate of drug-likeness (QED) is 0.697. The molecule has 4 heteroatoms. The van der Waals surface area contributed by atoms with E-state index in [1.54, 1.807) is 6.20 Å². The zero-order valence-electron chi connectivity index (χ0n) is 8.46. The van der Waals surface area contributed by atoms with Crippen molar-refractivity contribution in [3.63, 3.8) is 0 Å². The first-order valence-corrected chi connectivity index (χ1v) is 4.16. The number of primary amides is 1. The van der Waals surface area contributed by atoms with Gasteiger partial charge in [-0.3, -0.25) is 4.79 Å². The highest BCUT2D eigenvalue weighted by Crippen LogP contribution is 2.20. The molecule has 1 aromatic heterocycles. The summed E-state index contributed by atoms with van der Waals surface area (Å²) < 4.78 is 1.83. The van der Waals surface area contributed by atoms with Gasteiger partial charge in [0, 0.05) is 18.7 Å². The van der Waals surface area contributed by atoms with Crippen LogP contribution in [0.3, 0.4) is 0 Å². The van der Waals surface area contributed by atoms with Gasteiger partial charge in [-0.1, -0.05) is 20.8 Å². The molecule has 0 aliphatic rings. The molecule has 72 valence electrons. The number of rotatable bonds is 1. The second kappa shape index (κ2) is 2.87. The molecule has 0 fully saturated rings. The molecule has 1 amide bonds. The normalized spacial score (nSPS) is 11.7. The van der Waals surface area contributed by atoms with Crippen LogP contribution in [0.5, 0.6) is 0 Å². The molecule has 0 aliphatic carbocycles. The van der Waals surface area contributed by atoms with Crippen molar-refractivity contribution in [2.24, 2.45) is 12.8 Å². The number of hydrogen-bond donors (Lipinski definition) is 1. The molecule has 0 aromatic carbocycles. The number of amides is 1. The average Bonchev–Trinajstić information content (AvgIpc) is 2.29. The van der Waals surface area contributed by atoms with Crippen LogP contribution in [0.4, 0.5) is 0 Å². The minimum atomic E-state index is -0.480. The standard InChI is InChI=1S/C9H15N3O/c1-9(2,3)8-11-6(7(10)13)5-12(8)4/h5H,1-4H3,(H2,10,13). The fourth-order valence-corrected chi connectivity index (χ4v) is 1.28. The summed E-state index contributed by atoms with van der Waals surface area (Å²) >= 11 is 0. The summed E-state index contributed by atoms with van der Waals surface area (Å²) in [6.45, 7) is 6.13. The van der Waals surface area contributed by atoms with Gasteiger partial charge in [0.1, 0.15) is 11.5 Å². The average molecular weight is 181 g/mol. The monoisotopic (exact) mass is 181 g/mol. The van der Waals surface area contributed by atoms with Gasteiger partial charge in [-0.05, 0) is 0 Å². The maximum absolute atomic E-state index is 10.8. The lowest BCUT2D eigenvalue weighted by Crippen LogP contribution is -2.17. The van der Waals surface area contributed by atoms with Gasteiger partial charge in [-0.15, -0.1) is 0 Å². The number of hydrogen-bond acceptors (Lipinski definition) is 2. The van der Waals surface area contributed by atoms with Crippen LogP contribution in [0.2, 0.25) is 0 Å². The first kappa shape index (κ1) is 9.77. The van der Waals surface area contributed by atoms with Crippen LogP contribution in [0.25, 0.3) is 0 Å². The Labute approximate surface area is 77.8 Å². The number of carbonyl (C=O) groups excluding carboxylic acids is 1. The third-order valence-corrected chi connectivity index (χ3v) is 1.80. The molecule has 0 bridgehead atoms. The molecule has 0 saturated heterocycles. The van der Waals surface area contributed by atoms with E-state index in [-0.39, 0.29) is 5.41 Å². The van der Waals surface area contributed by atoms with Crippen LogP contribution >= 0.6 is 0 Å². The first-order chi connectivity index (χ1) is 5.82. The molecule has 13 heavy (non-hydrogen) atoms.